The van der Waals surface area contributed by atoms with Gasteiger partial charge in [0.25, 0.3) is 0 Å². The number of aromatic nitrogens is 2. The van der Waals surface area contributed by atoms with Crippen molar-refractivity contribution in [1.29, 1.82) is 0 Å². The summed E-state index contributed by atoms with van der Waals surface area (Å²) >= 11 is 1.26. The van der Waals surface area contributed by atoms with Crippen LogP contribution in [0.15, 0.2) is 11.4 Å². The van der Waals surface area contributed by atoms with Crippen molar-refractivity contribution in [1.82, 2.24) is 9.55 Å². The Morgan fingerprint density at radius 3 is 3.00 bits per heavy atom. The molecule has 0 unspecified atom stereocenters. The maximum atomic E-state index is 10.6. The number of carboxylic acids is 1. The molecule has 1 aromatic heterocycles. The van der Waals surface area contributed by atoms with Crippen LogP contribution in [-0.4, -0.2) is 39.1 Å². The number of hydrogen-bond donors (Lipinski definition) is 1. The summed E-state index contributed by atoms with van der Waals surface area (Å²) < 4.78 is 7.87. The summed E-state index contributed by atoms with van der Waals surface area (Å²) in [6, 6.07) is 0. The van der Waals surface area contributed by atoms with E-state index in [4.69, 9.17) is 9.84 Å². The van der Waals surface area contributed by atoms with Gasteiger partial charge in [-0.15, -0.1) is 0 Å². The lowest BCUT2D eigenvalue weighted by Crippen LogP contribution is -2.14. The fraction of sp³-hybridized carbons (Fsp3) is 0.692. The lowest BCUT2D eigenvalue weighted by atomic mass is 10.3. The van der Waals surface area contributed by atoms with E-state index in [0.29, 0.717) is 12.7 Å². The summed E-state index contributed by atoms with van der Waals surface area (Å²) in [5, 5.41) is 9.47. The van der Waals surface area contributed by atoms with Crippen LogP contribution in [0.1, 0.15) is 31.4 Å². The Bertz CT molecular complexity index is 428. The largest absolute Gasteiger partial charge is 0.481 e. The van der Waals surface area contributed by atoms with Gasteiger partial charge in [-0.25, -0.2) is 4.98 Å². The molecule has 6 heteroatoms. The van der Waals surface area contributed by atoms with Crippen LogP contribution in [0.25, 0.3) is 0 Å². The van der Waals surface area contributed by atoms with Gasteiger partial charge in [-0.05, 0) is 19.8 Å². The predicted molar refractivity (Wildman–Crippen MR) is 73.5 cm³/mol. The van der Waals surface area contributed by atoms with E-state index in [1.54, 1.807) is 6.20 Å². The van der Waals surface area contributed by atoms with Gasteiger partial charge in [0.05, 0.1) is 18.5 Å². The lowest BCUT2D eigenvalue weighted by molar-refractivity contribution is -0.133. The summed E-state index contributed by atoms with van der Waals surface area (Å²) in [6.45, 7) is 3.39. The molecule has 0 amide bonds. The zero-order valence-corrected chi connectivity index (χ0v) is 12.0. The van der Waals surface area contributed by atoms with E-state index >= 15 is 0 Å². The molecule has 0 saturated heterocycles. The molecular weight excluding hydrogens is 264 g/mol. The van der Waals surface area contributed by atoms with Gasteiger partial charge in [-0.1, -0.05) is 24.6 Å². The first-order chi connectivity index (χ1) is 9.16. The number of thioether (sulfide) groups is 1. The molecule has 0 atom stereocenters. The quantitative estimate of drug-likeness (QED) is 0.778. The van der Waals surface area contributed by atoms with Gasteiger partial charge >= 0.3 is 5.97 Å². The van der Waals surface area contributed by atoms with Gasteiger partial charge in [0.2, 0.25) is 0 Å². The second-order valence-corrected chi connectivity index (χ2v) is 5.74. The zero-order valence-electron chi connectivity index (χ0n) is 11.2. The number of nitrogens with zero attached hydrogens (tertiary/aromatic N) is 2. The van der Waals surface area contributed by atoms with Crippen LogP contribution in [0.3, 0.4) is 0 Å². The third-order valence-corrected chi connectivity index (χ3v) is 4.29. The van der Waals surface area contributed by atoms with Gasteiger partial charge in [0.1, 0.15) is 0 Å². The number of carbonyl (C=O) groups is 1. The zero-order chi connectivity index (χ0) is 13.7. The summed E-state index contributed by atoms with van der Waals surface area (Å²) in [7, 11) is 0. The van der Waals surface area contributed by atoms with Crippen molar-refractivity contribution >= 4 is 17.7 Å². The minimum absolute atomic E-state index is 0.0416. The minimum Gasteiger partial charge on any atom is -0.481 e. The highest BCUT2D eigenvalue weighted by Gasteiger charge is 2.15. The van der Waals surface area contributed by atoms with E-state index in [0.717, 1.165) is 17.4 Å². The number of ether oxygens (including phenoxy) is 1. The van der Waals surface area contributed by atoms with Crippen LogP contribution in [0.4, 0.5) is 0 Å². The Kier molecular flexibility index (Phi) is 5.27. The van der Waals surface area contributed by atoms with Gasteiger partial charge in [-0.3, -0.25) is 4.79 Å². The maximum Gasteiger partial charge on any atom is 0.313 e. The molecule has 0 spiro atoms. The first kappa shape index (κ1) is 14.4. The number of rotatable bonds is 7. The first-order valence-electron chi connectivity index (χ1n) is 6.65. The maximum absolute atomic E-state index is 10.6. The third kappa shape index (κ3) is 4.24. The van der Waals surface area contributed by atoms with Crippen LogP contribution in [0.2, 0.25) is 0 Å². The van der Waals surface area contributed by atoms with Crippen molar-refractivity contribution in [2.24, 2.45) is 0 Å². The molecule has 1 fully saturated rings. The first-order valence-corrected chi connectivity index (χ1v) is 7.63. The van der Waals surface area contributed by atoms with Crippen molar-refractivity contribution in [3.05, 3.63) is 11.9 Å². The highest BCUT2D eigenvalue weighted by atomic mass is 32.2. The molecule has 2 rings (SSSR count). The summed E-state index contributed by atoms with van der Waals surface area (Å²) in [5.41, 5.74) is 1.04. The molecule has 106 valence electrons. The average Bonchev–Trinajstić information content (AvgIpc) is 2.99. The number of carboxylic acid groups (broad SMARTS) is 1. The summed E-state index contributed by atoms with van der Waals surface area (Å²) in [4.78, 5) is 14.8. The molecule has 0 aliphatic heterocycles. The van der Waals surface area contributed by atoms with Crippen LogP contribution >= 0.6 is 11.8 Å². The van der Waals surface area contributed by atoms with Crippen LogP contribution in [-0.2, 0) is 16.1 Å². The molecule has 1 N–H and O–H groups in total. The van der Waals surface area contributed by atoms with Crippen LogP contribution in [0, 0.1) is 6.92 Å². The molecule has 19 heavy (non-hydrogen) atoms. The Hall–Kier alpha value is -1.01. The number of aryl methyl sites for hydroxylation is 1. The van der Waals surface area contributed by atoms with Gasteiger partial charge in [0, 0.05) is 18.4 Å². The molecule has 1 aliphatic carbocycles. The van der Waals surface area contributed by atoms with E-state index in [1.807, 2.05) is 11.5 Å². The molecule has 1 saturated carbocycles. The van der Waals surface area contributed by atoms with Crippen molar-refractivity contribution in [2.45, 2.75) is 50.4 Å². The average molecular weight is 284 g/mol. The fourth-order valence-corrected chi connectivity index (χ4v) is 3.09. The third-order valence-electron chi connectivity index (χ3n) is 3.31. The van der Waals surface area contributed by atoms with Gasteiger partial charge in [-0.2, -0.15) is 0 Å². The van der Waals surface area contributed by atoms with Crippen LogP contribution in [0.5, 0.6) is 0 Å². The van der Waals surface area contributed by atoms with E-state index in [9.17, 15) is 4.79 Å². The van der Waals surface area contributed by atoms with Gasteiger partial charge in [0.15, 0.2) is 5.16 Å². The number of hydrogen-bond acceptors (Lipinski definition) is 4. The second-order valence-electron chi connectivity index (χ2n) is 4.79. The van der Waals surface area contributed by atoms with E-state index in [2.05, 4.69) is 4.98 Å². The Labute approximate surface area is 117 Å². The topological polar surface area (TPSA) is 64.3 Å². The summed E-state index contributed by atoms with van der Waals surface area (Å²) in [5.74, 6) is -0.778. The highest BCUT2D eigenvalue weighted by Crippen LogP contribution is 2.22. The van der Waals surface area contributed by atoms with Crippen molar-refractivity contribution < 1.29 is 14.6 Å². The second kappa shape index (κ2) is 6.96. The highest BCUT2D eigenvalue weighted by molar-refractivity contribution is 7.99. The Morgan fingerprint density at radius 2 is 2.32 bits per heavy atom. The van der Waals surface area contributed by atoms with Crippen molar-refractivity contribution in [3.63, 3.8) is 0 Å². The minimum atomic E-state index is -0.820. The lowest BCUT2D eigenvalue weighted by Gasteiger charge is -2.13. The SMILES string of the molecule is Cc1cnc(SCC(=O)O)n1CCOC1CCCC1. The van der Waals surface area contributed by atoms with Crippen molar-refractivity contribution in [3.8, 4) is 0 Å². The van der Waals surface area contributed by atoms with Gasteiger partial charge < -0.3 is 14.4 Å². The van der Waals surface area contributed by atoms with Crippen LogP contribution < -0.4 is 0 Å². The number of aliphatic carboxylic acids is 1. The molecule has 5 nitrogen and oxygen atoms in total. The molecular formula is C13H20N2O3S. The molecule has 1 heterocycles. The van der Waals surface area contributed by atoms with E-state index in [1.165, 1.54) is 37.4 Å². The predicted octanol–water partition coefficient (Wildman–Crippen LogP) is 2.33. The Morgan fingerprint density at radius 1 is 1.58 bits per heavy atom. The van der Waals surface area contributed by atoms with E-state index < -0.39 is 5.97 Å². The molecule has 1 aliphatic rings. The normalized spacial score (nSPS) is 16.1. The summed E-state index contributed by atoms with van der Waals surface area (Å²) in [6.07, 6.45) is 7.08. The molecule has 1 aromatic rings. The Balaban J connectivity index is 1.83. The van der Waals surface area contributed by atoms with E-state index in [-0.39, 0.29) is 5.75 Å². The molecule has 0 bridgehead atoms. The smallest absolute Gasteiger partial charge is 0.313 e. The fourth-order valence-electron chi connectivity index (χ4n) is 2.32. The van der Waals surface area contributed by atoms with Crippen molar-refractivity contribution in [2.75, 3.05) is 12.4 Å². The molecule has 0 aromatic carbocycles. The molecule has 0 radical (unpaired) electrons. The monoisotopic (exact) mass is 284 g/mol. The standard InChI is InChI=1S/C13H20N2O3S/c1-10-8-14-13(19-9-12(16)17)15(10)6-7-18-11-4-2-3-5-11/h8,11H,2-7,9H2,1H3,(H,16,17). The number of imidazole rings is 1.